The minimum atomic E-state index is 0.0533. The van der Waals surface area contributed by atoms with Crippen molar-refractivity contribution in [1.82, 2.24) is 4.98 Å². The van der Waals surface area contributed by atoms with Gasteiger partial charge in [-0.05, 0) is 19.3 Å². The molecule has 1 rings (SSSR count). The third-order valence-electron chi connectivity index (χ3n) is 2.80. The van der Waals surface area contributed by atoms with E-state index in [2.05, 4.69) is 25.8 Å². The van der Waals surface area contributed by atoms with Crippen LogP contribution in [0, 0.1) is 12.3 Å². The van der Waals surface area contributed by atoms with Gasteiger partial charge in [0, 0.05) is 17.3 Å². The summed E-state index contributed by atoms with van der Waals surface area (Å²) in [7, 11) is 0. The Balaban J connectivity index is 2.46. The van der Waals surface area contributed by atoms with Crippen LogP contribution >= 0.6 is 11.3 Å². The molecular weight excluding hydrogens is 232 g/mol. The Morgan fingerprint density at radius 3 is 2.53 bits per heavy atom. The maximum atomic E-state index is 5.98. The van der Waals surface area contributed by atoms with E-state index in [-0.39, 0.29) is 17.6 Å². The highest BCUT2D eigenvalue weighted by Gasteiger charge is 2.28. The molecule has 0 aliphatic heterocycles. The standard InChI is InChI=1S/C13H24N2OS/c1-9(14)12(13(3,4)5)16-7-6-11-10(2)15-8-17-11/h8-9,12H,6-7,14H2,1-5H3. The fraction of sp³-hybridized carbons (Fsp3) is 0.769. The van der Waals surface area contributed by atoms with Gasteiger partial charge in [-0.3, -0.25) is 0 Å². The summed E-state index contributed by atoms with van der Waals surface area (Å²) >= 11 is 1.69. The van der Waals surface area contributed by atoms with Crippen molar-refractivity contribution in [2.75, 3.05) is 6.61 Å². The average Bonchev–Trinajstić information content (AvgIpc) is 2.56. The molecule has 17 heavy (non-hydrogen) atoms. The Morgan fingerprint density at radius 2 is 2.12 bits per heavy atom. The number of nitrogens with two attached hydrogens (primary N) is 1. The van der Waals surface area contributed by atoms with Crippen LogP contribution in [-0.4, -0.2) is 23.7 Å². The maximum Gasteiger partial charge on any atom is 0.0797 e. The summed E-state index contributed by atoms with van der Waals surface area (Å²) in [6, 6.07) is 0.0533. The molecule has 0 amide bonds. The second-order valence-corrected chi connectivity index (χ2v) is 6.57. The summed E-state index contributed by atoms with van der Waals surface area (Å²) in [5.74, 6) is 0. The molecule has 0 saturated carbocycles. The predicted molar refractivity (Wildman–Crippen MR) is 73.4 cm³/mol. The third-order valence-corrected chi connectivity index (χ3v) is 3.80. The van der Waals surface area contributed by atoms with Crippen LogP contribution < -0.4 is 5.73 Å². The normalized spacial score (nSPS) is 15.9. The van der Waals surface area contributed by atoms with Gasteiger partial charge >= 0.3 is 0 Å². The van der Waals surface area contributed by atoms with Crippen LogP contribution in [0.25, 0.3) is 0 Å². The van der Waals surface area contributed by atoms with Gasteiger partial charge in [0.1, 0.15) is 0 Å². The van der Waals surface area contributed by atoms with E-state index >= 15 is 0 Å². The monoisotopic (exact) mass is 256 g/mol. The van der Waals surface area contributed by atoms with E-state index in [0.717, 1.165) is 12.1 Å². The Hall–Kier alpha value is -0.450. The summed E-state index contributed by atoms with van der Waals surface area (Å²) < 4.78 is 5.95. The Labute approximate surface area is 108 Å². The Morgan fingerprint density at radius 1 is 1.47 bits per heavy atom. The molecule has 0 bridgehead atoms. The first kappa shape index (κ1) is 14.6. The quantitative estimate of drug-likeness (QED) is 0.881. The van der Waals surface area contributed by atoms with Crippen LogP contribution in [0.15, 0.2) is 5.51 Å². The summed E-state index contributed by atoms with van der Waals surface area (Å²) in [5.41, 5.74) is 9.06. The first-order valence-corrected chi connectivity index (χ1v) is 6.96. The topological polar surface area (TPSA) is 48.1 Å². The molecule has 98 valence electrons. The van der Waals surface area contributed by atoms with Crippen molar-refractivity contribution in [3.8, 4) is 0 Å². The lowest BCUT2D eigenvalue weighted by Gasteiger charge is -2.33. The molecule has 4 heteroatoms. The molecule has 0 aliphatic rings. The van der Waals surface area contributed by atoms with Gasteiger partial charge in [-0.2, -0.15) is 0 Å². The first-order chi connectivity index (χ1) is 7.82. The molecule has 2 unspecified atom stereocenters. The minimum Gasteiger partial charge on any atom is -0.376 e. The summed E-state index contributed by atoms with van der Waals surface area (Å²) in [6.45, 7) is 11.3. The van der Waals surface area contributed by atoms with E-state index in [1.165, 1.54) is 4.88 Å². The zero-order valence-corrected chi connectivity index (χ0v) is 12.3. The number of aromatic nitrogens is 1. The van der Waals surface area contributed by atoms with Crippen molar-refractivity contribution >= 4 is 11.3 Å². The number of aryl methyl sites for hydroxylation is 1. The fourth-order valence-electron chi connectivity index (χ4n) is 2.04. The van der Waals surface area contributed by atoms with Crippen LogP contribution in [0.2, 0.25) is 0 Å². The summed E-state index contributed by atoms with van der Waals surface area (Å²) in [4.78, 5) is 5.54. The molecule has 0 saturated heterocycles. The zero-order chi connectivity index (χ0) is 13.1. The number of thiazole rings is 1. The van der Waals surface area contributed by atoms with Gasteiger partial charge in [0.2, 0.25) is 0 Å². The van der Waals surface area contributed by atoms with Crippen molar-refractivity contribution < 1.29 is 4.74 Å². The zero-order valence-electron chi connectivity index (χ0n) is 11.5. The van der Waals surface area contributed by atoms with Crippen molar-refractivity contribution in [3.63, 3.8) is 0 Å². The van der Waals surface area contributed by atoms with Crippen LogP contribution in [0.5, 0.6) is 0 Å². The first-order valence-electron chi connectivity index (χ1n) is 6.08. The second kappa shape index (κ2) is 5.94. The molecule has 0 aliphatic carbocycles. The molecule has 0 radical (unpaired) electrons. The van der Waals surface area contributed by atoms with Crippen LogP contribution in [0.3, 0.4) is 0 Å². The lowest BCUT2D eigenvalue weighted by molar-refractivity contribution is -0.0285. The Kier molecular flexibility index (Phi) is 5.10. The van der Waals surface area contributed by atoms with Crippen molar-refractivity contribution in [2.45, 2.75) is 53.2 Å². The van der Waals surface area contributed by atoms with Gasteiger partial charge in [0.25, 0.3) is 0 Å². The van der Waals surface area contributed by atoms with E-state index in [1.807, 2.05) is 19.4 Å². The van der Waals surface area contributed by atoms with E-state index in [0.29, 0.717) is 6.61 Å². The third kappa shape index (κ3) is 4.37. The lowest BCUT2D eigenvalue weighted by atomic mass is 9.85. The van der Waals surface area contributed by atoms with Crippen molar-refractivity contribution in [3.05, 3.63) is 16.1 Å². The summed E-state index contributed by atoms with van der Waals surface area (Å²) in [5, 5.41) is 0. The van der Waals surface area contributed by atoms with Gasteiger partial charge in [-0.15, -0.1) is 11.3 Å². The summed E-state index contributed by atoms with van der Waals surface area (Å²) in [6.07, 6.45) is 1.02. The SMILES string of the molecule is Cc1ncsc1CCOC(C(C)N)C(C)(C)C. The van der Waals surface area contributed by atoms with Crippen molar-refractivity contribution in [2.24, 2.45) is 11.1 Å². The predicted octanol–water partition coefficient (Wildman–Crippen LogP) is 2.77. The minimum absolute atomic E-state index is 0.0533. The van der Waals surface area contributed by atoms with Gasteiger partial charge in [-0.25, -0.2) is 4.98 Å². The molecule has 0 fully saturated rings. The maximum absolute atomic E-state index is 5.98. The number of ether oxygens (including phenoxy) is 1. The second-order valence-electron chi connectivity index (χ2n) is 5.63. The molecule has 2 atom stereocenters. The largest absolute Gasteiger partial charge is 0.376 e. The van der Waals surface area contributed by atoms with E-state index < -0.39 is 0 Å². The molecule has 3 nitrogen and oxygen atoms in total. The molecule has 1 aromatic heterocycles. The van der Waals surface area contributed by atoms with E-state index in [1.54, 1.807) is 11.3 Å². The van der Waals surface area contributed by atoms with E-state index in [4.69, 9.17) is 10.5 Å². The van der Waals surface area contributed by atoms with Gasteiger partial charge in [0.05, 0.1) is 23.9 Å². The van der Waals surface area contributed by atoms with E-state index in [9.17, 15) is 0 Å². The van der Waals surface area contributed by atoms with Crippen LogP contribution in [0.4, 0.5) is 0 Å². The molecule has 2 N–H and O–H groups in total. The smallest absolute Gasteiger partial charge is 0.0797 e. The molecule has 1 aromatic rings. The van der Waals surface area contributed by atoms with Gasteiger partial charge in [0.15, 0.2) is 0 Å². The molecule has 1 heterocycles. The number of hydrogen-bond donors (Lipinski definition) is 1. The molecule has 0 spiro atoms. The highest BCUT2D eigenvalue weighted by Crippen LogP contribution is 2.24. The molecule has 0 aromatic carbocycles. The Bertz CT molecular complexity index is 341. The highest BCUT2D eigenvalue weighted by molar-refractivity contribution is 7.09. The van der Waals surface area contributed by atoms with Crippen LogP contribution in [0.1, 0.15) is 38.3 Å². The lowest BCUT2D eigenvalue weighted by Crippen LogP contribution is -2.43. The van der Waals surface area contributed by atoms with Crippen LogP contribution in [-0.2, 0) is 11.2 Å². The van der Waals surface area contributed by atoms with Gasteiger partial charge < -0.3 is 10.5 Å². The van der Waals surface area contributed by atoms with Crippen molar-refractivity contribution in [1.29, 1.82) is 0 Å². The highest BCUT2D eigenvalue weighted by atomic mass is 32.1. The number of rotatable bonds is 5. The number of hydrogen-bond acceptors (Lipinski definition) is 4. The average molecular weight is 256 g/mol. The van der Waals surface area contributed by atoms with Gasteiger partial charge in [-0.1, -0.05) is 20.8 Å². The fourth-order valence-corrected chi connectivity index (χ4v) is 2.80. The number of nitrogens with zero attached hydrogens (tertiary/aromatic N) is 1. The molecular formula is C13H24N2OS.